The number of carbonyl (C=O) groups excluding carboxylic acids is 1. The van der Waals surface area contributed by atoms with E-state index in [0.717, 1.165) is 6.42 Å². The fourth-order valence-electron chi connectivity index (χ4n) is 2.98. The van der Waals surface area contributed by atoms with E-state index in [-0.39, 0.29) is 42.1 Å². The lowest BCUT2D eigenvalue weighted by atomic mass is 10.1. The summed E-state index contributed by atoms with van der Waals surface area (Å²) in [4.78, 5) is 12.2. The number of amides is 1. The zero-order valence-electron chi connectivity index (χ0n) is 11.4. The molecule has 3 nitrogen and oxygen atoms in total. The fraction of sp³-hybridized carbons (Fsp3) is 0.438. The molecular formula is C16H17ClFNO2. The monoisotopic (exact) mass is 309 g/mol. The second-order valence-corrected chi connectivity index (χ2v) is 6.17. The van der Waals surface area contributed by atoms with Gasteiger partial charge in [-0.1, -0.05) is 29.8 Å². The first-order chi connectivity index (χ1) is 10.1. The van der Waals surface area contributed by atoms with E-state index in [9.17, 15) is 9.18 Å². The highest BCUT2D eigenvalue weighted by Crippen LogP contribution is 2.50. The molecule has 2 aliphatic carbocycles. The molecule has 0 saturated heterocycles. The SMILES string of the molecule is O=C(N[C@@H]1C=C[C@H](CO)C1)C1CC1c1c(F)cccc1Cl. The van der Waals surface area contributed by atoms with Crippen LogP contribution >= 0.6 is 11.6 Å². The van der Waals surface area contributed by atoms with Crippen LogP contribution in [-0.4, -0.2) is 23.7 Å². The highest BCUT2D eigenvalue weighted by Gasteiger charge is 2.46. The van der Waals surface area contributed by atoms with E-state index in [4.69, 9.17) is 16.7 Å². The summed E-state index contributed by atoms with van der Waals surface area (Å²) in [5.74, 6) is -0.624. The van der Waals surface area contributed by atoms with E-state index in [1.165, 1.54) is 6.07 Å². The molecule has 0 bridgehead atoms. The lowest BCUT2D eigenvalue weighted by Crippen LogP contribution is -2.34. The summed E-state index contributed by atoms with van der Waals surface area (Å²) in [6, 6.07) is 4.56. The zero-order valence-corrected chi connectivity index (χ0v) is 12.2. The highest BCUT2D eigenvalue weighted by atomic mass is 35.5. The van der Waals surface area contributed by atoms with E-state index < -0.39 is 0 Å². The minimum atomic E-state index is -0.344. The lowest BCUT2D eigenvalue weighted by molar-refractivity contribution is -0.122. The molecule has 3 rings (SSSR count). The van der Waals surface area contributed by atoms with Crippen LogP contribution in [0.5, 0.6) is 0 Å². The van der Waals surface area contributed by atoms with Crippen LogP contribution in [0.2, 0.25) is 5.02 Å². The number of nitrogens with one attached hydrogen (secondary N) is 1. The molecule has 0 aromatic heterocycles. The molecule has 4 atom stereocenters. The Kier molecular flexibility index (Phi) is 4.00. The van der Waals surface area contributed by atoms with Gasteiger partial charge in [0.15, 0.2) is 0 Å². The first kappa shape index (κ1) is 14.5. The summed E-state index contributed by atoms with van der Waals surface area (Å²) in [6.45, 7) is 0.0970. The Morgan fingerprint density at radius 1 is 1.38 bits per heavy atom. The van der Waals surface area contributed by atoms with E-state index in [1.54, 1.807) is 12.1 Å². The second kappa shape index (κ2) is 5.78. The highest BCUT2D eigenvalue weighted by molar-refractivity contribution is 6.31. The molecule has 2 unspecified atom stereocenters. The van der Waals surface area contributed by atoms with Gasteiger partial charge in [-0.3, -0.25) is 4.79 Å². The number of hydrogen-bond donors (Lipinski definition) is 2. The number of aliphatic hydroxyl groups is 1. The molecule has 0 radical (unpaired) electrons. The summed E-state index contributed by atoms with van der Waals surface area (Å²) in [5.41, 5.74) is 0.453. The molecule has 2 aliphatic rings. The Balaban J connectivity index is 1.61. The van der Waals surface area contributed by atoms with E-state index in [2.05, 4.69) is 5.32 Å². The molecule has 1 aromatic carbocycles. The van der Waals surface area contributed by atoms with Crippen molar-refractivity contribution in [2.24, 2.45) is 11.8 Å². The molecule has 21 heavy (non-hydrogen) atoms. The first-order valence-electron chi connectivity index (χ1n) is 7.13. The Hall–Kier alpha value is -1.39. The molecule has 5 heteroatoms. The summed E-state index contributed by atoms with van der Waals surface area (Å²) >= 11 is 6.03. The third kappa shape index (κ3) is 2.97. The Morgan fingerprint density at radius 2 is 2.19 bits per heavy atom. The maximum Gasteiger partial charge on any atom is 0.224 e. The average molecular weight is 310 g/mol. The molecule has 112 valence electrons. The third-order valence-corrected chi connectivity index (χ3v) is 4.56. The largest absolute Gasteiger partial charge is 0.396 e. The predicted octanol–water partition coefficient (Wildman–Crippen LogP) is 2.64. The van der Waals surface area contributed by atoms with Gasteiger partial charge < -0.3 is 10.4 Å². The number of hydrogen-bond acceptors (Lipinski definition) is 2. The standard InChI is InChI=1S/C16H17ClFNO2/c17-13-2-1-3-14(18)15(13)11-7-12(11)16(21)19-10-5-4-9(6-10)8-20/h1-5,9-12,20H,6-8H2,(H,19,21)/t9-,10+,11?,12?/m0/s1. The van der Waals surface area contributed by atoms with Crippen LogP contribution in [0.3, 0.4) is 0 Å². The van der Waals surface area contributed by atoms with E-state index in [1.807, 2.05) is 12.2 Å². The van der Waals surface area contributed by atoms with Crippen molar-refractivity contribution in [2.75, 3.05) is 6.61 Å². The van der Waals surface area contributed by atoms with Crippen molar-refractivity contribution in [3.05, 3.63) is 46.8 Å². The van der Waals surface area contributed by atoms with Gasteiger partial charge in [0, 0.05) is 41.0 Å². The van der Waals surface area contributed by atoms with Crippen molar-refractivity contribution in [1.29, 1.82) is 0 Å². The fourth-order valence-corrected chi connectivity index (χ4v) is 3.28. The number of aliphatic hydroxyl groups excluding tert-OH is 1. The molecule has 1 aromatic rings. The molecule has 1 amide bonds. The van der Waals surface area contributed by atoms with Crippen LogP contribution < -0.4 is 5.32 Å². The van der Waals surface area contributed by atoms with Crippen LogP contribution in [0.1, 0.15) is 24.3 Å². The van der Waals surface area contributed by atoms with Gasteiger partial charge in [-0.15, -0.1) is 0 Å². The molecule has 2 N–H and O–H groups in total. The summed E-state index contributed by atoms with van der Waals surface area (Å²) < 4.78 is 13.8. The van der Waals surface area contributed by atoms with Gasteiger partial charge in [-0.05, 0) is 25.0 Å². The van der Waals surface area contributed by atoms with Crippen LogP contribution in [-0.2, 0) is 4.79 Å². The Morgan fingerprint density at radius 3 is 2.86 bits per heavy atom. The summed E-state index contributed by atoms with van der Waals surface area (Å²) in [5, 5.41) is 12.4. The molecule has 0 spiro atoms. The van der Waals surface area contributed by atoms with E-state index >= 15 is 0 Å². The first-order valence-corrected chi connectivity index (χ1v) is 7.51. The van der Waals surface area contributed by atoms with Crippen LogP contribution in [0.15, 0.2) is 30.4 Å². The number of rotatable bonds is 4. The van der Waals surface area contributed by atoms with Crippen molar-refractivity contribution < 1.29 is 14.3 Å². The van der Waals surface area contributed by atoms with Gasteiger partial charge in [-0.25, -0.2) is 4.39 Å². The molecule has 0 heterocycles. The minimum absolute atomic E-state index is 0.0352. The van der Waals surface area contributed by atoms with Crippen molar-refractivity contribution in [3.63, 3.8) is 0 Å². The number of benzene rings is 1. The molecule has 1 fully saturated rings. The van der Waals surface area contributed by atoms with Gasteiger partial charge in [0.25, 0.3) is 0 Å². The quantitative estimate of drug-likeness (QED) is 0.840. The van der Waals surface area contributed by atoms with Crippen molar-refractivity contribution in [3.8, 4) is 0 Å². The zero-order chi connectivity index (χ0) is 15.0. The Bertz CT molecular complexity index is 569. The van der Waals surface area contributed by atoms with Gasteiger partial charge >= 0.3 is 0 Å². The number of carbonyl (C=O) groups is 1. The van der Waals surface area contributed by atoms with Gasteiger partial charge in [0.2, 0.25) is 5.91 Å². The Labute approximate surface area is 127 Å². The van der Waals surface area contributed by atoms with Crippen LogP contribution in [0.25, 0.3) is 0 Å². The van der Waals surface area contributed by atoms with Crippen molar-refractivity contribution in [2.45, 2.75) is 24.8 Å². The lowest BCUT2D eigenvalue weighted by Gasteiger charge is -2.13. The van der Waals surface area contributed by atoms with Crippen molar-refractivity contribution in [1.82, 2.24) is 5.32 Å². The van der Waals surface area contributed by atoms with Crippen LogP contribution in [0.4, 0.5) is 4.39 Å². The van der Waals surface area contributed by atoms with Gasteiger partial charge in [-0.2, -0.15) is 0 Å². The topological polar surface area (TPSA) is 49.3 Å². The summed E-state index contributed by atoms with van der Waals surface area (Å²) in [6.07, 6.45) is 5.18. The average Bonchev–Trinajstić information content (AvgIpc) is 3.10. The van der Waals surface area contributed by atoms with E-state index in [0.29, 0.717) is 17.0 Å². The molecule has 0 aliphatic heterocycles. The van der Waals surface area contributed by atoms with Gasteiger partial charge in [0.1, 0.15) is 5.82 Å². The molecule has 1 saturated carbocycles. The number of halogens is 2. The maximum atomic E-state index is 13.8. The third-order valence-electron chi connectivity index (χ3n) is 4.23. The van der Waals surface area contributed by atoms with Gasteiger partial charge in [0.05, 0.1) is 0 Å². The smallest absolute Gasteiger partial charge is 0.224 e. The van der Waals surface area contributed by atoms with Crippen molar-refractivity contribution >= 4 is 17.5 Å². The minimum Gasteiger partial charge on any atom is -0.396 e. The summed E-state index contributed by atoms with van der Waals surface area (Å²) in [7, 11) is 0. The maximum absolute atomic E-state index is 13.8. The normalized spacial score (nSPS) is 30.4. The predicted molar refractivity (Wildman–Crippen MR) is 78.5 cm³/mol. The molecular weight excluding hydrogens is 293 g/mol. The second-order valence-electron chi connectivity index (χ2n) is 5.76. The van der Waals surface area contributed by atoms with Crippen LogP contribution in [0, 0.1) is 17.7 Å².